The van der Waals surface area contributed by atoms with E-state index in [1.807, 2.05) is 0 Å². The van der Waals surface area contributed by atoms with Crippen LogP contribution < -0.4 is 29.0 Å². The third-order valence-electron chi connectivity index (χ3n) is 3.38. The van der Waals surface area contributed by atoms with Crippen LogP contribution in [0.4, 0.5) is 5.69 Å². The van der Waals surface area contributed by atoms with Crippen molar-refractivity contribution in [2.75, 3.05) is 32.9 Å². The molecule has 0 aliphatic carbocycles. The van der Waals surface area contributed by atoms with Crippen molar-refractivity contribution in [1.29, 1.82) is 0 Å². The summed E-state index contributed by atoms with van der Waals surface area (Å²) in [6.45, 7) is 0.0621. The first-order valence-electron chi connectivity index (χ1n) is 7.24. The largest absolute Gasteiger partial charge is 0.493 e. The third kappa shape index (κ3) is 3.45. The number of benzene rings is 2. The highest BCUT2D eigenvalue weighted by atomic mass is 16.7. The summed E-state index contributed by atoms with van der Waals surface area (Å²) < 4.78 is 26.3. The molecule has 0 bridgehead atoms. The van der Waals surface area contributed by atoms with E-state index in [2.05, 4.69) is 5.32 Å². The van der Waals surface area contributed by atoms with Crippen LogP contribution in [0, 0.1) is 0 Å². The molecule has 1 amide bonds. The molecule has 0 fully saturated rings. The van der Waals surface area contributed by atoms with Gasteiger partial charge in [0.25, 0.3) is 5.91 Å². The first-order chi connectivity index (χ1) is 11.7. The molecular weight excluding hydrogens is 314 g/mol. The summed E-state index contributed by atoms with van der Waals surface area (Å²) in [6.07, 6.45) is 0. The number of fused-ring (bicyclic) bond motifs is 1. The van der Waals surface area contributed by atoms with Crippen LogP contribution in [-0.4, -0.2) is 33.5 Å². The molecule has 2 aromatic rings. The Labute approximate surface area is 139 Å². The lowest BCUT2D eigenvalue weighted by atomic mass is 10.2. The molecule has 0 spiro atoms. The van der Waals surface area contributed by atoms with Crippen molar-refractivity contribution in [3.05, 3.63) is 36.4 Å². The van der Waals surface area contributed by atoms with Crippen molar-refractivity contribution in [3.8, 4) is 28.7 Å². The molecule has 24 heavy (non-hydrogen) atoms. The van der Waals surface area contributed by atoms with Gasteiger partial charge in [0.2, 0.25) is 6.79 Å². The average molecular weight is 331 g/mol. The smallest absolute Gasteiger partial charge is 0.262 e. The van der Waals surface area contributed by atoms with Gasteiger partial charge < -0.3 is 29.0 Å². The average Bonchev–Trinajstić information content (AvgIpc) is 3.07. The molecule has 2 aromatic carbocycles. The van der Waals surface area contributed by atoms with Crippen molar-refractivity contribution in [1.82, 2.24) is 0 Å². The van der Waals surface area contributed by atoms with Gasteiger partial charge in [0.1, 0.15) is 5.75 Å². The van der Waals surface area contributed by atoms with Gasteiger partial charge in [-0.2, -0.15) is 0 Å². The first kappa shape index (κ1) is 15.8. The molecule has 0 saturated heterocycles. The Morgan fingerprint density at radius 1 is 1.04 bits per heavy atom. The number of rotatable bonds is 6. The highest BCUT2D eigenvalue weighted by molar-refractivity contribution is 5.92. The fraction of sp³-hybridized carbons (Fsp3) is 0.235. The molecule has 0 radical (unpaired) electrons. The number of amides is 1. The fourth-order valence-corrected chi connectivity index (χ4v) is 2.23. The molecule has 0 saturated carbocycles. The number of nitrogens with one attached hydrogen (secondary N) is 1. The van der Waals surface area contributed by atoms with Gasteiger partial charge in [-0.15, -0.1) is 0 Å². The second-order valence-electron chi connectivity index (χ2n) is 4.92. The van der Waals surface area contributed by atoms with Gasteiger partial charge in [0.05, 0.1) is 14.2 Å². The summed E-state index contributed by atoms with van der Waals surface area (Å²) in [6, 6.07) is 10.3. The van der Waals surface area contributed by atoms with E-state index >= 15 is 0 Å². The van der Waals surface area contributed by atoms with Gasteiger partial charge in [-0.05, 0) is 24.3 Å². The summed E-state index contributed by atoms with van der Waals surface area (Å²) >= 11 is 0. The molecular formula is C17H17NO6. The van der Waals surface area contributed by atoms with E-state index in [-0.39, 0.29) is 19.3 Å². The molecule has 7 nitrogen and oxygen atoms in total. The quantitative estimate of drug-likeness (QED) is 0.876. The van der Waals surface area contributed by atoms with Gasteiger partial charge >= 0.3 is 0 Å². The van der Waals surface area contributed by atoms with Gasteiger partial charge in [0, 0.05) is 17.8 Å². The van der Waals surface area contributed by atoms with Gasteiger partial charge in [-0.1, -0.05) is 0 Å². The van der Waals surface area contributed by atoms with Gasteiger partial charge in [-0.3, -0.25) is 4.79 Å². The molecule has 0 unspecified atom stereocenters. The number of carbonyl (C=O) groups is 1. The first-order valence-corrected chi connectivity index (χ1v) is 7.24. The summed E-state index contributed by atoms with van der Waals surface area (Å²) in [5, 5.41) is 2.74. The second-order valence-corrected chi connectivity index (χ2v) is 4.92. The lowest BCUT2D eigenvalue weighted by Gasteiger charge is -2.11. The molecule has 7 heteroatoms. The van der Waals surface area contributed by atoms with Crippen molar-refractivity contribution in [2.45, 2.75) is 0 Å². The van der Waals surface area contributed by atoms with Crippen molar-refractivity contribution in [2.24, 2.45) is 0 Å². The van der Waals surface area contributed by atoms with E-state index in [9.17, 15) is 4.79 Å². The summed E-state index contributed by atoms with van der Waals surface area (Å²) in [5.74, 6) is 2.63. The van der Waals surface area contributed by atoms with E-state index in [1.54, 1.807) is 43.5 Å². The number of anilines is 1. The van der Waals surface area contributed by atoms with E-state index in [0.29, 0.717) is 34.4 Å². The number of hydrogen-bond acceptors (Lipinski definition) is 6. The Hall–Kier alpha value is -3.09. The Bertz CT molecular complexity index is 746. The Morgan fingerprint density at radius 2 is 1.83 bits per heavy atom. The normalized spacial score (nSPS) is 11.8. The minimum absolute atomic E-state index is 0.131. The lowest BCUT2D eigenvalue weighted by molar-refractivity contribution is -0.118. The predicted octanol–water partition coefficient (Wildman–Crippen LogP) is 2.45. The van der Waals surface area contributed by atoms with Crippen LogP contribution in [-0.2, 0) is 4.79 Å². The molecule has 0 aromatic heterocycles. The van der Waals surface area contributed by atoms with Gasteiger partial charge in [-0.25, -0.2) is 0 Å². The zero-order chi connectivity index (χ0) is 16.9. The van der Waals surface area contributed by atoms with Crippen LogP contribution in [0.1, 0.15) is 0 Å². The van der Waals surface area contributed by atoms with Crippen LogP contribution >= 0.6 is 0 Å². The fourth-order valence-electron chi connectivity index (χ4n) is 2.23. The number of hydrogen-bond donors (Lipinski definition) is 1. The molecule has 3 rings (SSSR count). The topological polar surface area (TPSA) is 75.3 Å². The second kappa shape index (κ2) is 6.99. The Morgan fingerprint density at radius 3 is 2.62 bits per heavy atom. The van der Waals surface area contributed by atoms with Crippen LogP contribution in [0.3, 0.4) is 0 Å². The summed E-state index contributed by atoms with van der Waals surface area (Å²) in [5.41, 5.74) is 0.590. The Kier molecular flexibility index (Phi) is 4.60. The van der Waals surface area contributed by atoms with Crippen LogP contribution in [0.5, 0.6) is 28.7 Å². The summed E-state index contributed by atoms with van der Waals surface area (Å²) in [7, 11) is 3.08. The molecule has 1 N–H and O–H groups in total. The van der Waals surface area contributed by atoms with Crippen molar-refractivity contribution >= 4 is 11.6 Å². The standard InChI is InChI=1S/C17H17NO6/c1-20-13-5-3-11(7-15(13)21-2)18-17(19)9-22-12-4-6-14-16(8-12)24-10-23-14/h3-8H,9-10H2,1-2H3,(H,18,19). The van der Waals surface area contributed by atoms with E-state index in [0.717, 1.165) is 0 Å². The van der Waals surface area contributed by atoms with Crippen LogP contribution in [0.2, 0.25) is 0 Å². The van der Waals surface area contributed by atoms with Crippen molar-refractivity contribution < 1.29 is 28.5 Å². The predicted molar refractivity (Wildman–Crippen MR) is 86.2 cm³/mol. The SMILES string of the molecule is COc1ccc(NC(=O)COc2ccc3c(c2)OCO3)cc1OC. The maximum Gasteiger partial charge on any atom is 0.262 e. The Balaban J connectivity index is 1.58. The minimum Gasteiger partial charge on any atom is -0.493 e. The van der Waals surface area contributed by atoms with Crippen LogP contribution in [0.15, 0.2) is 36.4 Å². The molecule has 1 aliphatic heterocycles. The monoisotopic (exact) mass is 331 g/mol. The summed E-state index contributed by atoms with van der Waals surface area (Å²) in [4.78, 5) is 12.0. The highest BCUT2D eigenvalue weighted by Crippen LogP contribution is 2.35. The van der Waals surface area contributed by atoms with Crippen LogP contribution in [0.25, 0.3) is 0 Å². The number of ether oxygens (including phenoxy) is 5. The molecule has 126 valence electrons. The number of methoxy groups -OCH3 is 2. The maximum atomic E-state index is 12.0. The molecule has 0 atom stereocenters. The minimum atomic E-state index is -0.292. The maximum absolute atomic E-state index is 12.0. The van der Waals surface area contributed by atoms with E-state index in [4.69, 9.17) is 23.7 Å². The zero-order valence-corrected chi connectivity index (χ0v) is 13.3. The van der Waals surface area contributed by atoms with E-state index in [1.165, 1.54) is 7.11 Å². The highest BCUT2D eigenvalue weighted by Gasteiger charge is 2.14. The molecule has 1 heterocycles. The molecule has 1 aliphatic rings. The zero-order valence-electron chi connectivity index (χ0n) is 13.3. The van der Waals surface area contributed by atoms with Gasteiger partial charge in [0.15, 0.2) is 29.6 Å². The van der Waals surface area contributed by atoms with E-state index < -0.39 is 0 Å². The number of carbonyl (C=O) groups excluding carboxylic acids is 1. The van der Waals surface area contributed by atoms with Crippen molar-refractivity contribution in [3.63, 3.8) is 0 Å². The third-order valence-corrected chi connectivity index (χ3v) is 3.38. The lowest BCUT2D eigenvalue weighted by Crippen LogP contribution is -2.20.